The molecule has 2 amide bonds. The summed E-state index contributed by atoms with van der Waals surface area (Å²) in [6.45, 7) is 3.47. The molecule has 4 atom stereocenters. The topological polar surface area (TPSA) is 210 Å². The normalized spacial score (nSPS) is 13.3. The number of ether oxygens (including phenoxy) is 9. The Balaban J connectivity index is 0.000000397. The molecule has 23 heteroatoms. The number of methoxy groups -OCH3 is 2. The molecular formula is C52H58F4N2O15S2. The van der Waals surface area contributed by atoms with Crippen molar-refractivity contribution in [1.82, 2.24) is 10.6 Å². The molecule has 17 nitrogen and oxygen atoms in total. The fourth-order valence-corrected chi connectivity index (χ4v) is 7.97. The van der Waals surface area contributed by atoms with Gasteiger partial charge in [-0.3, -0.25) is 28.8 Å². The number of nitrogens with one attached hydrogen (secondary N) is 2. The van der Waals surface area contributed by atoms with E-state index >= 15 is 0 Å². The Morgan fingerprint density at radius 1 is 0.640 bits per heavy atom. The lowest BCUT2D eigenvalue weighted by atomic mass is 10.1. The Hall–Kier alpha value is -7.08. The van der Waals surface area contributed by atoms with Crippen LogP contribution in [0.5, 0.6) is 17.2 Å². The van der Waals surface area contributed by atoms with Crippen LogP contribution in [0.15, 0.2) is 120 Å². The Morgan fingerprint density at radius 3 is 1.61 bits per heavy atom. The summed E-state index contributed by atoms with van der Waals surface area (Å²) in [5, 5.41) is 3.95. The predicted molar refractivity (Wildman–Crippen MR) is 271 cm³/mol. The number of carbonyl (C=O) groups is 6. The lowest BCUT2D eigenvalue weighted by molar-refractivity contribution is -0.274. The van der Waals surface area contributed by atoms with Crippen LogP contribution in [0.3, 0.4) is 0 Å². The van der Waals surface area contributed by atoms with Crippen molar-refractivity contribution in [3.8, 4) is 17.2 Å². The van der Waals surface area contributed by atoms with Crippen LogP contribution in [0.4, 0.5) is 17.6 Å². The smallest absolute Gasteiger partial charge is 0.495 e. The molecule has 75 heavy (non-hydrogen) atoms. The Labute approximate surface area is 439 Å². The second-order valence-corrected chi connectivity index (χ2v) is 17.3. The molecule has 0 radical (unpaired) electrons. The predicted octanol–water partition coefficient (Wildman–Crippen LogP) is 8.34. The molecule has 0 saturated heterocycles. The SMILES string of the molecule is CC/C(OC=O)=C(\COC(COc1ccc(CC(SC=O)C(=O)NC)cc1)c1ccccc1F)OC.CNC(=O)C(Cc1ccc(OCC(OC/C(OC)=C(\C)OC=O)c2cccc(OC(F)(F)F)c2)cc1)SC=O. The fraction of sp³-hybridized carbons (Fsp3) is 0.346. The summed E-state index contributed by atoms with van der Waals surface area (Å²) < 4.78 is 101. The third kappa shape index (κ3) is 22.1. The molecule has 0 aliphatic rings. The average Bonchev–Trinajstić information content (AvgIpc) is 3.40. The van der Waals surface area contributed by atoms with E-state index in [1.54, 1.807) is 79.7 Å². The van der Waals surface area contributed by atoms with Gasteiger partial charge in [0.15, 0.2) is 22.8 Å². The van der Waals surface area contributed by atoms with Gasteiger partial charge in [-0.05, 0) is 78.9 Å². The minimum absolute atomic E-state index is 0.00483. The van der Waals surface area contributed by atoms with Gasteiger partial charge in [-0.25, -0.2) is 4.39 Å². The number of amides is 2. The van der Waals surface area contributed by atoms with Gasteiger partial charge in [0.25, 0.3) is 12.9 Å². The van der Waals surface area contributed by atoms with Gasteiger partial charge in [-0.15, -0.1) is 13.2 Å². The van der Waals surface area contributed by atoms with Crippen LogP contribution in [0.1, 0.15) is 54.7 Å². The molecule has 4 unspecified atom stereocenters. The molecule has 0 heterocycles. The van der Waals surface area contributed by atoms with Crippen molar-refractivity contribution < 1.29 is 89.0 Å². The number of rotatable bonds is 32. The highest BCUT2D eigenvalue weighted by Gasteiger charge is 2.31. The van der Waals surface area contributed by atoms with E-state index in [0.717, 1.165) is 40.7 Å². The number of thioether (sulfide) groups is 2. The third-order valence-corrected chi connectivity index (χ3v) is 12.1. The van der Waals surface area contributed by atoms with Crippen molar-refractivity contribution in [2.75, 3.05) is 54.7 Å². The fourth-order valence-electron chi connectivity index (χ4n) is 6.65. The van der Waals surface area contributed by atoms with Crippen molar-refractivity contribution >= 4 is 59.5 Å². The summed E-state index contributed by atoms with van der Waals surface area (Å²) in [4.78, 5) is 67.1. The van der Waals surface area contributed by atoms with E-state index in [4.69, 9.17) is 37.9 Å². The first kappa shape index (κ1) is 62.2. The molecule has 0 bridgehead atoms. The molecule has 406 valence electrons. The molecule has 0 saturated carbocycles. The van der Waals surface area contributed by atoms with Gasteiger partial charge in [-0.1, -0.05) is 85.0 Å². The highest BCUT2D eigenvalue weighted by atomic mass is 32.2. The maximum absolute atomic E-state index is 14.5. The van der Waals surface area contributed by atoms with Gasteiger partial charge in [0.2, 0.25) is 11.8 Å². The highest BCUT2D eigenvalue weighted by molar-refractivity contribution is 8.13. The summed E-state index contributed by atoms with van der Waals surface area (Å²) in [5.74, 6) is 0.540. The second-order valence-electron chi connectivity index (χ2n) is 15.2. The van der Waals surface area contributed by atoms with E-state index < -0.39 is 40.6 Å². The van der Waals surface area contributed by atoms with E-state index in [1.807, 2.05) is 0 Å². The first-order chi connectivity index (χ1) is 36.1. The molecule has 0 spiro atoms. The zero-order valence-electron chi connectivity index (χ0n) is 41.8. The van der Waals surface area contributed by atoms with E-state index in [0.29, 0.717) is 71.1 Å². The summed E-state index contributed by atoms with van der Waals surface area (Å²) in [7, 11) is 5.79. The molecule has 0 aliphatic carbocycles. The minimum Gasteiger partial charge on any atom is -0.495 e. The Bertz CT molecular complexity index is 2500. The number of allylic oxidation sites excluding steroid dienone is 2. The largest absolute Gasteiger partial charge is 0.573 e. The van der Waals surface area contributed by atoms with E-state index in [9.17, 15) is 46.3 Å². The molecule has 2 N–H and O–H groups in total. The van der Waals surface area contributed by atoms with Gasteiger partial charge in [-0.2, -0.15) is 0 Å². The highest BCUT2D eigenvalue weighted by Crippen LogP contribution is 2.30. The third-order valence-electron chi connectivity index (χ3n) is 10.5. The Morgan fingerprint density at radius 2 is 1.15 bits per heavy atom. The summed E-state index contributed by atoms with van der Waals surface area (Å²) in [6.07, 6.45) is -5.44. The minimum atomic E-state index is -4.87. The van der Waals surface area contributed by atoms with Gasteiger partial charge < -0.3 is 53.3 Å². The van der Waals surface area contributed by atoms with Crippen molar-refractivity contribution in [2.24, 2.45) is 0 Å². The molecule has 4 rings (SSSR count). The van der Waals surface area contributed by atoms with Crippen LogP contribution in [0.2, 0.25) is 0 Å². The summed E-state index contributed by atoms with van der Waals surface area (Å²) >= 11 is 1.79. The molecule has 0 fully saturated rings. The second kappa shape index (κ2) is 33.7. The van der Waals surface area contributed by atoms with Gasteiger partial charge in [0, 0.05) is 26.1 Å². The lowest BCUT2D eigenvalue weighted by Crippen LogP contribution is -2.31. The standard InChI is InChI=1S/C26H28F3NO8S.C26H30FNO7S/c1-17(37-15-31)22(34-3)13-36-23(19-5-4-6-21(12-19)38-26(27,28)29)14-35-20-9-7-18(8-10-20)11-24(39-16-32)25(33)30-2;1-4-22(35-16-29)24(32-3)15-34-23(20-7-5-6-8-21(20)27)14-33-19-11-9-18(10-12-19)13-25(36-17-30)26(31)28-2/h4-10,12,15-16,23-24H,11,13-14H2,1-3H3,(H,30,33);5-12,16-17,23,25H,4,13-15H2,1-3H3,(H,28,31)/b22-17-;24-22-. The molecule has 0 aromatic heterocycles. The van der Waals surface area contributed by atoms with Crippen molar-refractivity contribution in [3.05, 3.63) is 148 Å². The van der Waals surface area contributed by atoms with E-state index in [2.05, 4.69) is 15.4 Å². The molecule has 0 aliphatic heterocycles. The monoisotopic (exact) mass is 1090 g/mol. The van der Waals surface area contributed by atoms with Crippen LogP contribution >= 0.6 is 23.5 Å². The van der Waals surface area contributed by atoms with Gasteiger partial charge in [0.05, 0.1) is 24.7 Å². The van der Waals surface area contributed by atoms with Crippen molar-refractivity contribution in [2.45, 2.75) is 62.2 Å². The maximum Gasteiger partial charge on any atom is 0.573 e. The van der Waals surface area contributed by atoms with Gasteiger partial charge in [0.1, 0.15) is 73.2 Å². The van der Waals surface area contributed by atoms with Crippen LogP contribution in [-0.4, -0.2) is 108 Å². The average molecular weight is 1090 g/mol. The first-order valence-corrected chi connectivity index (χ1v) is 24.5. The van der Waals surface area contributed by atoms with Gasteiger partial charge >= 0.3 is 6.36 Å². The number of carbonyl (C=O) groups excluding carboxylic acids is 6. The van der Waals surface area contributed by atoms with Crippen LogP contribution in [0.25, 0.3) is 0 Å². The molecule has 4 aromatic rings. The zero-order valence-corrected chi connectivity index (χ0v) is 43.4. The van der Waals surface area contributed by atoms with Crippen molar-refractivity contribution in [1.29, 1.82) is 0 Å². The zero-order chi connectivity index (χ0) is 55.2. The molecule has 4 aromatic carbocycles. The first-order valence-electron chi connectivity index (χ1n) is 22.7. The summed E-state index contributed by atoms with van der Waals surface area (Å²) in [5.41, 5.74) is 3.54. The number of hydrogen-bond acceptors (Lipinski definition) is 17. The van der Waals surface area contributed by atoms with E-state index in [1.165, 1.54) is 53.4 Å². The number of alkyl halides is 3. The Kier molecular flexibility index (Phi) is 27.9. The number of benzene rings is 4. The van der Waals surface area contributed by atoms with E-state index in [-0.39, 0.29) is 56.2 Å². The van der Waals surface area contributed by atoms with Crippen LogP contribution < -0.4 is 24.8 Å². The molecular weight excluding hydrogens is 1030 g/mol. The van der Waals surface area contributed by atoms with Crippen molar-refractivity contribution in [3.63, 3.8) is 0 Å². The van der Waals surface area contributed by atoms with Crippen LogP contribution in [-0.2, 0) is 70.0 Å². The maximum atomic E-state index is 14.5. The lowest BCUT2D eigenvalue weighted by Gasteiger charge is -2.21. The van der Waals surface area contributed by atoms with Crippen LogP contribution in [0, 0.1) is 5.82 Å². The quantitative estimate of drug-likeness (QED) is 0.0267. The number of hydrogen-bond donors (Lipinski definition) is 2. The summed E-state index contributed by atoms with van der Waals surface area (Å²) in [6, 6.07) is 25.3. The number of halogens is 4.